The number of carbonyl (C=O) groups is 2. The van der Waals surface area contributed by atoms with E-state index in [0.29, 0.717) is 10.6 Å². The van der Waals surface area contributed by atoms with E-state index in [4.69, 9.17) is 4.74 Å². The van der Waals surface area contributed by atoms with Crippen LogP contribution in [0.2, 0.25) is 0 Å². The number of amides is 1. The van der Waals surface area contributed by atoms with Crippen molar-refractivity contribution in [3.8, 4) is 0 Å². The Morgan fingerprint density at radius 3 is 2.63 bits per heavy atom. The van der Waals surface area contributed by atoms with Gasteiger partial charge in [0.2, 0.25) is 11.7 Å². The van der Waals surface area contributed by atoms with Gasteiger partial charge in [0.25, 0.3) is 0 Å². The van der Waals surface area contributed by atoms with Crippen molar-refractivity contribution in [1.29, 1.82) is 0 Å². The lowest BCUT2D eigenvalue weighted by atomic mass is 9.95. The number of rotatable bonds is 6. The molecule has 1 amide bonds. The van der Waals surface area contributed by atoms with Crippen molar-refractivity contribution in [3.05, 3.63) is 21.8 Å². The van der Waals surface area contributed by atoms with Crippen molar-refractivity contribution in [3.63, 3.8) is 0 Å². The van der Waals surface area contributed by atoms with Crippen LogP contribution in [0.1, 0.15) is 53.3 Å². The maximum atomic E-state index is 12.9. The van der Waals surface area contributed by atoms with Gasteiger partial charge in [0.05, 0.1) is 17.4 Å². The molecule has 7 nitrogen and oxygen atoms in total. The summed E-state index contributed by atoms with van der Waals surface area (Å²) in [6.45, 7) is 3.49. The summed E-state index contributed by atoms with van der Waals surface area (Å²) in [5.41, 5.74) is 1.31. The predicted octanol–water partition coefficient (Wildman–Crippen LogP) is 4.07. The molecule has 0 unspecified atom stereocenters. The van der Waals surface area contributed by atoms with Gasteiger partial charge < -0.3 is 14.6 Å². The number of hydrogen-bond donors (Lipinski definition) is 1. The predicted molar refractivity (Wildman–Crippen MR) is 107 cm³/mol. The van der Waals surface area contributed by atoms with Crippen LogP contribution in [0.4, 0.5) is 18.2 Å². The van der Waals surface area contributed by atoms with E-state index >= 15 is 0 Å². The highest BCUT2D eigenvalue weighted by Crippen LogP contribution is 2.39. The SMILES string of the molecule is CCOC(=O)c1c(NC(=O)[C@@H](C)Sc2nnc(C(F)(F)F)n2C)sc2c1CCCC2. The summed E-state index contributed by atoms with van der Waals surface area (Å²) in [5.74, 6) is -2.05. The first-order chi connectivity index (χ1) is 14.1. The Kier molecular flexibility index (Phi) is 6.75. The van der Waals surface area contributed by atoms with Gasteiger partial charge in [0.1, 0.15) is 5.00 Å². The van der Waals surface area contributed by atoms with Gasteiger partial charge in [-0.2, -0.15) is 13.2 Å². The van der Waals surface area contributed by atoms with Crippen LogP contribution in [-0.2, 0) is 35.6 Å². The summed E-state index contributed by atoms with van der Waals surface area (Å²) in [5, 5.41) is 9.10. The molecule has 30 heavy (non-hydrogen) atoms. The number of nitrogens with one attached hydrogen (secondary N) is 1. The molecule has 2 aromatic heterocycles. The second-order valence-electron chi connectivity index (χ2n) is 6.75. The van der Waals surface area contributed by atoms with Gasteiger partial charge in [-0.3, -0.25) is 4.79 Å². The summed E-state index contributed by atoms with van der Waals surface area (Å²) >= 11 is 2.21. The van der Waals surface area contributed by atoms with Gasteiger partial charge in [-0.05, 0) is 45.1 Å². The number of alkyl halides is 3. The van der Waals surface area contributed by atoms with Crippen LogP contribution in [0, 0.1) is 0 Å². The smallest absolute Gasteiger partial charge is 0.451 e. The summed E-state index contributed by atoms with van der Waals surface area (Å²) in [7, 11) is 1.20. The minimum Gasteiger partial charge on any atom is -0.462 e. The number of ether oxygens (including phenoxy) is 1. The second kappa shape index (κ2) is 8.96. The molecule has 0 saturated heterocycles. The van der Waals surface area contributed by atoms with Crippen LogP contribution in [0.5, 0.6) is 0 Å². The minimum absolute atomic E-state index is 0.0268. The Bertz CT molecular complexity index is 955. The molecule has 0 saturated carbocycles. The molecule has 0 radical (unpaired) electrons. The lowest BCUT2D eigenvalue weighted by Crippen LogP contribution is -2.24. The van der Waals surface area contributed by atoms with E-state index < -0.39 is 29.1 Å². The largest absolute Gasteiger partial charge is 0.462 e. The van der Waals surface area contributed by atoms with Gasteiger partial charge in [0, 0.05) is 11.9 Å². The molecule has 0 aromatic carbocycles. The molecule has 1 aliphatic rings. The third-order valence-electron chi connectivity index (χ3n) is 4.63. The first kappa shape index (κ1) is 22.6. The Labute approximate surface area is 179 Å². The average molecular weight is 463 g/mol. The molecular formula is C18H21F3N4O3S2. The van der Waals surface area contributed by atoms with Crippen LogP contribution in [0.15, 0.2) is 5.16 Å². The maximum absolute atomic E-state index is 12.9. The summed E-state index contributed by atoms with van der Waals surface area (Å²) in [6, 6.07) is 0. The molecule has 0 spiro atoms. The fourth-order valence-corrected chi connectivity index (χ4v) is 5.26. The lowest BCUT2D eigenvalue weighted by Gasteiger charge is -2.13. The number of thiophene rings is 1. The van der Waals surface area contributed by atoms with Crippen molar-refractivity contribution in [1.82, 2.24) is 14.8 Å². The summed E-state index contributed by atoms with van der Waals surface area (Å²) in [4.78, 5) is 26.3. The Hall–Kier alpha value is -2.08. The molecule has 12 heteroatoms. The topological polar surface area (TPSA) is 86.1 Å². The van der Waals surface area contributed by atoms with Crippen LogP contribution in [-0.4, -0.2) is 38.5 Å². The fraction of sp³-hybridized carbons (Fsp3) is 0.556. The number of hydrogen-bond acceptors (Lipinski definition) is 7. The minimum atomic E-state index is -4.63. The Morgan fingerprint density at radius 1 is 1.30 bits per heavy atom. The molecule has 2 aromatic rings. The molecule has 1 N–H and O–H groups in total. The monoisotopic (exact) mass is 462 g/mol. The first-order valence-electron chi connectivity index (χ1n) is 9.39. The number of fused-ring (bicyclic) bond motifs is 1. The molecule has 0 aliphatic heterocycles. The van der Waals surface area contributed by atoms with Crippen LogP contribution in [0.25, 0.3) is 0 Å². The molecule has 1 atom stereocenters. The number of anilines is 1. The van der Waals surface area contributed by atoms with Crippen molar-refractivity contribution >= 4 is 40.0 Å². The van der Waals surface area contributed by atoms with Crippen LogP contribution >= 0.6 is 23.1 Å². The zero-order chi connectivity index (χ0) is 22.1. The third kappa shape index (κ3) is 4.64. The van der Waals surface area contributed by atoms with Gasteiger partial charge in [-0.1, -0.05) is 11.8 Å². The number of aryl methyl sites for hydroxylation is 1. The average Bonchev–Trinajstić information content (AvgIpc) is 3.21. The quantitative estimate of drug-likeness (QED) is 0.515. The van der Waals surface area contributed by atoms with Crippen molar-refractivity contribution in [2.45, 2.75) is 56.1 Å². The van der Waals surface area contributed by atoms with Crippen LogP contribution in [0.3, 0.4) is 0 Å². The third-order valence-corrected chi connectivity index (χ3v) is 6.97. The van der Waals surface area contributed by atoms with Gasteiger partial charge in [-0.25, -0.2) is 4.79 Å². The van der Waals surface area contributed by atoms with E-state index in [-0.39, 0.29) is 11.8 Å². The van der Waals surface area contributed by atoms with Gasteiger partial charge in [-0.15, -0.1) is 21.5 Å². The van der Waals surface area contributed by atoms with E-state index in [1.807, 2.05) is 0 Å². The number of aromatic nitrogens is 3. The molecular weight excluding hydrogens is 441 g/mol. The number of halogens is 3. The molecule has 1 aliphatic carbocycles. The van der Waals surface area contributed by atoms with Crippen molar-refractivity contribution in [2.75, 3.05) is 11.9 Å². The molecule has 3 rings (SSSR count). The van der Waals surface area contributed by atoms with E-state index in [1.54, 1.807) is 13.8 Å². The highest BCUT2D eigenvalue weighted by molar-refractivity contribution is 8.00. The number of carbonyl (C=O) groups excluding carboxylic acids is 2. The summed E-state index contributed by atoms with van der Waals surface area (Å²) < 4.78 is 44.6. The van der Waals surface area contributed by atoms with E-state index in [2.05, 4.69) is 15.5 Å². The zero-order valence-corrected chi connectivity index (χ0v) is 18.3. The Balaban J connectivity index is 1.78. The second-order valence-corrected chi connectivity index (χ2v) is 9.16. The molecule has 0 fully saturated rings. The zero-order valence-electron chi connectivity index (χ0n) is 16.6. The van der Waals surface area contributed by atoms with Crippen molar-refractivity contribution < 1.29 is 27.5 Å². The van der Waals surface area contributed by atoms with Crippen LogP contribution < -0.4 is 5.32 Å². The van der Waals surface area contributed by atoms with E-state index in [1.165, 1.54) is 18.4 Å². The molecule has 2 heterocycles. The van der Waals surface area contributed by atoms with Gasteiger partial charge in [0.15, 0.2) is 5.16 Å². The standard InChI is InChI=1S/C18H21F3N4O3S2/c1-4-28-15(27)12-10-7-5-6-8-11(10)30-14(12)22-13(26)9(2)29-17-24-23-16(25(17)3)18(19,20)21/h9H,4-8H2,1-3H3,(H,22,26)/t9-/m1/s1. The van der Waals surface area contributed by atoms with Crippen molar-refractivity contribution in [2.24, 2.45) is 7.05 Å². The summed E-state index contributed by atoms with van der Waals surface area (Å²) in [6.07, 6.45) is -1.06. The van der Waals surface area contributed by atoms with E-state index in [0.717, 1.165) is 52.5 Å². The number of nitrogens with zero attached hydrogens (tertiary/aromatic N) is 3. The van der Waals surface area contributed by atoms with Gasteiger partial charge >= 0.3 is 12.1 Å². The fourth-order valence-electron chi connectivity index (χ4n) is 3.16. The Morgan fingerprint density at radius 2 is 2.00 bits per heavy atom. The molecule has 164 valence electrons. The molecule has 0 bridgehead atoms. The van der Waals surface area contributed by atoms with E-state index in [9.17, 15) is 22.8 Å². The number of thioether (sulfide) groups is 1. The first-order valence-corrected chi connectivity index (χ1v) is 11.1. The highest BCUT2D eigenvalue weighted by Gasteiger charge is 2.38. The lowest BCUT2D eigenvalue weighted by molar-refractivity contribution is -0.147. The highest BCUT2D eigenvalue weighted by atomic mass is 32.2. The number of esters is 1. The maximum Gasteiger partial charge on any atom is 0.451 e. The normalized spacial score (nSPS) is 14.9.